The first-order chi connectivity index (χ1) is 7.90. The van der Waals surface area contributed by atoms with E-state index in [1.54, 1.807) is 0 Å². The Hall–Kier alpha value is -0.410. The van der Waals surface area contributed by atoms with Crippen LogP contribution in [0.15, 0.2) is 0 Å². The van der Waals surface area contributed by atoms with Gasteiger partial charge in [-0.05, 0) is 25.8 Å². The summed E-state index contributed by atoms with van der Waals surface area (Å²) >= 11 is 0. The lowest BCUT2D eigenvalue weighted by atomic mass is 9.90. The number of carbonyl (C=O) groups is 1. The van der Waals surface area contributed by atoms with Crippen LogP contribution in [0.1, 0.15) is 40.5 Å². The molecule has 100 valence electrons. The molecular formula is C14H28N2O. The molecule has 1 rings (SSSR count). The first kappa shape index (κ1) is 14.7. The van der Waals surface area contributed by atoms with Crippen LogP contribution in [0.25, 0.3) is 0 Å². The Labute approximate surface area is 106 Å². The molecule has 3 heteroatoms. The van der Waals surface area contributed by atoms with Crippen LogP contribution in [-0.4, -0.2) is 42.9 Å². The fourth-order valence-corrected chi connectivity index (χ4v) is 2.53. The predicted molar refractivity (Wildman–Crippen MR) is 72.1 cm³/mol. The van der Waals surface area contributed by atoms with Crippen molar-refractivity contribution in [1.82, 2.24) is 10.2 Å². The van der Waals surface area contributed by atoms with Gasteiger partial charge in [-0.2, -0.15) is 0 Å². The zero-order chi connectivity index (χ0) is 13.0. The Balaban J connectivity index is 2.37. The van der Waals surface area contributed by atoms with E-state index < -0.39 is 0 Å². The minimum absolute atomic E-state index is 0.0564. The molecule has 0 saturated carbocycles. The van der Waals surface area contributed by atoms with Crippen LogP contribution in [0, 0.1) is 11.8 Å². The third kappa shape index (κ3) is 4.76. The summed E-state index contributed by atoms with van der Waals surface area (Å²) < 4.78 is 0. The summed E-state index contributed by atoms with van der Waals surface area (Å²) in [6.45, 7) is 10.6. The average Bonchev–Trinajstić information content (AvgIpc) is 2.18. The van der Waals surface area contributed by atoms with Crippen molar-refractivity contribution < 1.29 is 4.79 Å². The average molecular weight is 240 g/mol. The molecular weight excluding hydrogens is 212 g/mol. The Kier molecular flexibility index (Phi) is 5.60. The second kappa shape index (κ2) is 6.50. The maximum absolute atomic E-state index is 12.1. The molecule has 0 radical (unpaired) electrons. The molecule has 0 spiro atoms. The SMILES string of the molecule is CC(C)NC(CCC1CN(C)C1)C(=O)C(C)C. The van der Waals surface area contributed by atoms with Crippen molar-refractivity contribution in [2.45, 2.75) is 52.6 Å². The fourth-order valence-electron chi connectivity index (χ4n) is 2.53. The molecule has 3 nitrogen and oxygen atoms in total. The molecule has 1 fully saturated rings. The van der Waals surface area contributed by atoms with E-state index in [-0.39, 0.29) is 12.0 Å². The van der Waals surface area contributed by atoms with Crippen molar-refractivity contribution in [3.63, 3.8) is 0 Å². The highest BCUT2D eigenvalue weighted by atomic mass is 16.1. The van der Waals surface area contributed by atoms with Crippen molar-refractivity contribution in [2.75, 3.05) is 20.1 Å². The van der Waals surface area contributed by atoms with Crippen LogP contribution in [0.5, 0.6) is 0 Å². The molecule has 1 unspecified atom stereocenters. The number of rotatable bonds is 7. The van der Waals surface area contributed by atoms with Gasteiger partial charge in [0.25, 0.3) is 0 Å². The maximum atomic E-state index is 12.1. The van der Waals surface area contributed by atoms with Gasteiger partial charge in [-0.15, -0.1) is 0 Å². The minimum atomic E-state index is 0.0564. The summed E-state index contributed by atoms with van der Waals surface area (Å²) in [5, 5.41) is 3.41. The highest BCUT2D eigenvalue weighted by molar-refractivity contribution is 5.85. The molecule has 1 atom stereocenters. The number of hydrogen-bond acceptors (Lipinski definition) is 3. The van der Waals surface area contributed by atoms with Gasteiger partial charge in [0.15, 0.2) is 5.78 Å². The van der Waals surface area contributed by atoms with Crippen LogP contribution in [0.3, 0.4) is 0 Å². The smallest absolute Gasteiger partial charge is 0.152 e. The minimum Gasteiger partial charge on any atom is -0.306 e. The fraction of sp³-hybridized carbons (Fsp3) is 0.929. The quantitative estimate of drug-likeness (QED) is 0.738. The van der Waals surface area contributed by atoms with Crippen molar-refractivity contribution in [1.29, 1.82) is 0 Å². The largest absolute Gasteiger partial charge is 0.306 e. The van der Waals surface area contributed by atoms with Gasteiger partial charge >= 0.3 is 0 Å². The normalized spacial score (nSPS) is 19.7. The Morgan fingerprint density at radius 3 is 2.29 bits per heavy atom. The van der Waals surface area contributed by atoms with E-state index in [2.05, 4.69) is 31.1 Å². The summed E-state index contributed by atoms with van der Waals surface area (Å²) in [4.78, 5) is 14.4. The molecule has 0 aliphatic carbocycles. The molecule has 1 heterocycles. The van der Waals surface area contributed by atoms with Gasteiger partial charge in [0, 0.05) is 25.0 Å². The molecule has 1 N–H and O–H groups in total. The highest BCUT2D eigenvalue weighted by Crippen LogP contribution is 2.20. The lowest BCUT2D eigenvalue weighted by Gasteiger charge is -2.37. The third-order valence-corrected chi connectivity index (χ3v) is 3.45. The maximum Gasteiger partial charge on any atom is 0.152 e. The van der Waals surface area contributed by atoms with Gasteiger partial charge in [-0.3, -0.25) is 4.79 Å². The second-order valence-electron chi connectivity index (χ2n) is 6.10. The Morgan fingerprint density at radius 1 is 1.29 bits per heavy atom. The van der Waals surface area contributed by atoms with Gasteiger partial charge < -0.3 is 10.2 Å². The number of carbonyl (C=O) groups excluding carboxylic acids is 1. The van der Waals surface area contributed by atoms with Crippen LogP contribution < -0.4 is 5.32 Å². The molecule has 1 aliphatic heterocycles. The first-order valence-corrected chi connectivity index (χ1v) is 6.88. The van der Waals surface area contributed by atoms with Crippen molar-refractivity contribution >= 4 is 5.78 Å². The zero-order valence-corrected chi connectivity index (χ0v) is 12.0. The van der Waals surface area contributed by atoms with Crippen LogP contribution in [-0.2, 0) is 4.79 Å². The lowest BCUT2D eigenvalue weighted by molar-refractivity contribution is -0.124. The Bertz CT molecular complexity index is 245. The predicted octanol–water partition coefficient (Wildman–Crippen LogP) is 1.92. The van der Waals surface area contributed by atoms with Crippen LogP contribution in [0.2, 0.25) is 0 Å². The van der Waals surface area contributed by atoms with E-state index in [0.29, 0.717) is 11.8 Å². The lowest BCUT2D eigenvalue weighted by Crippen LogP contribution is -2.46. The number of hydrogen-bond donors (Lipinski definition) is 1. The van der Waals surface area contributed by atoms with E-state index in [1.165, 1.54) is 19.5 Å². The zero-order valence-electron chi connectivity index (χ0n) is 12.0. The number of nitrogens with one attached hydrogen (secondary N) is 1. The van der Waals surface area contributed by atoms with Gasteiger partial charge in [-0.25, -0.2) is 0 Å². The molecule has 0 aromatic rings. The van der Waals surface area contributed by atoms with Crippen molar-refractivity contribution in [2.24, 2.45) is 11.8 Å². The van der Waals surface area contributed by atoms with Gasteiger partial charge in [0.2, 0.25) is 0 Å². The van der Waals surface area contributed by atoms with E-state index in [0.717, 1.165) is 12.3 Å². The summed E-state index contributed by atoms with van der Waals surface area (Å²) in [5.74, 6) is 1.30. The van der Waals surface area contributed by atoms with Crippen molar-refractivity contribution in [3.8, 4) is 0 Å². The van der Waals surface area contributed by atoms with Gasteiger partial charge in [0.1, 0.15) is 0 Å². The standard InChI is InChI=1S/C14H28N2O/c1-10(2)14(17)13(15-11(3)4)7-6-12-8-16(5)9-12/h10-13,15H,6-9H2,1-5H3. The molecule has 0 aromatic carbocycles. The Morgan fingerprint density at radius 2 is 1.88 bits per heavy atom. The molecule has 1 saturated heterocycles. The summed E-state index contributed by atoms with van der Waals surface area (Å²) in [7, 11) is 2.15. The molecule has 0 bridgehead atoms. The van der Waals surface area contributed by atoms with Crippen LogP contribution in [0.4, 0.5) is 0 Å². The van der Waals surface area contributed by atoms with Crippen LogP contribution >= 0.6 is 0 Å². The second-order valence-corrected chi connectivity index (χ2v) is 6.10. The van der Waals surface area contributed by atoms with Gasteiger partial charge in [0.05, 0.1) is 6.04 Å². The van der Waals surface area contributed by atoms with E-state index in [1.807, 2.05) is 13.8 Å². The number of Topliss-reactive ketones (excluding diaryl/α,β-unsaturated/α-hetero) is 1. The van der Waals surface area contributed by atoms with Gasteiger partial charge in [-0.1, -0.05) is 27.7 Å². The number of likely N-dealkylation sites (tertiary alicyclic amines) is 1. The topological polar surface area (TPSA) is 32.3 Å². The molecule has 0 aromatic heterocycles. The first-order valence-electron chi connectivity index (χ1n) is 6.88. The monoisotopic (exact) mass is 240 g/mol. The summed E-state index contributed by atoms with van der Waals surface area (Å²) in [6, 6.07) is 0.438. The van der Waals surface area contributed by atoms with Crippen molar-refractivity contribution in [3.05, 3.63) is 0 Å². The summed E-state index contributed by atoms with van der Waals surface area (Å²) in [6.07, 6.45) is 2.17. The molecule has 0 amide bonds. The summed E-state index contributed by atoms with van der Waals surface area (Å²) in [5.41, 5.74) is 0. The molecule has 17 heavy (non-hydrogen) atoms. The molecule has 1 aliphatic rings. The van der Waals surface area contributed by atoms with E-state index in [9.17, 15) is 4.79 Å². The van der Waals surface area contributed by atoms with E-state index in [4.69, 9.17) is 0 Å². The van der Waals surface area contributed by atoms with E-state index >= 15 is 0 Å². The number of nitrogens with zero attached hydrogens (tertiary/aromatic N) is 1. The third-order valence-electron chi connectivity index (χ3n) is 3.45. The highest BCUT2D eigenvalue weighted by Gasteiger charge is 2.27. The number of ketones is 1.